The Morgan fingerprint density at radius 1 is 0.975 bits per heavy atom. The highest BCUT2D eigenvalue weighted by Crippen LogP contribution is 2.46. The lowest BCUT2D eigenvalue weighted by molar-refractivity contribution is -0.134. The van der Waals surface area contributed by atoms with E-state index in [0.29, 0.717) is 30.8 Å². The highest BCUT2D eigenvalue weighted by Gasteiger charge is 2.49. The molecule has 0 atom stereocenters. The Hall–Kier alpha value is -3.62. The number of hydrogen-bond acceptors (Lipinski definition) is 6. The summed E-state index contributed by atoms with van der Waals surface area (Å²) in [7, 11) is 3.59. The van der Waals surface area contributed by atoms with Gasteiger partial charge < -0.3 is 21.1 Å². The van der Waals surface area contributed by atoms with Crippen molar-refractivity contribution in [1.29, 1.82) is 0 Å². The monoisotopic (exact) mass is 541 g/mol. The molecule has 2 aliphatic rings. The van der Waals surface area contributed by atoms with Gasteiger partial charge in [0.2, 0.25) is 11.8 Å². The molecule has 8 heteroatoms. The van der Waals surface area contributed by atoms with E-state index in [2.05, 4.69) is 15.5 Å². The van der Waals surface area contributed by atoms with E-state index in [0.717, 1.165) is 47.9 Å². The van der Waals surface area contributed by atoms with E-state index in [1.54, 1.807) is 19.0 Å². The number of anilines is 1. The molecule has 8 nitrogen and oxygen atoms in total. The number of aromatic nitrogens is 2. The highest BCUT2D eigenvalue weighted by atomic mass is 16.3. The zero-order chi connectivity index (χ0) is 28.5. The average Bonchev–Trinajstić information content (AvgIpc) is 2.92. The van der Waals surface area contributed by atoms with Gasteiger partial charge >= 0.3 is 0 Å². The topological polar surface area (TPSA) is 121 Å². The van der Waals surface area contributed by atoms with Crippen molar-refractivity contribution in [2.45, 2.75) is 63.0 Å². The van der Waals surface area contributed by atoms with Gasteiger partial charge in [-0.05, 0) is 68.6 Å². The van der Waals surface area contributed by atoms with Crippen molar-refractivity contribution in [1.82, 2.24) is 15.1 Å². The van der Waals surface area contributed by atoms with E-state index in [4.69, 9.17) is 5.73 Å². The molecule has 4 N–H and O–H groups in total. The zero-order valence-electron chi connectivity index (χ0n) is 23.6. The lowest BCUT2D eigenvalue weighted by Crippen LogP contribution is -2.58. The summed E-state index contributed by atoms with van der Waals surface area (Å²) in [5.74, 6) is 0.834. The summed E-state index contributed by atoms with van der Waals surface area (Å²) in [4.78, 5) is 26.9. The Bertz CT molecular complexity index is 1360. The van der Waals surface area contributed by atoms with Gasteiger partial charge in [-0.1, -0.05) is 54.6 Å². The molecule has 0 saturated heterocycles. The lowest BCUT2D eigenvalue weighted by atomic mass is 9.63. The third-order valence-electron chi connectivity index (χ3n) is 8.38. The number of nitrogens with one attached hydrogen (secondary N) is 1. The van der Waals surface area contributed by atoms with Crippen LogP contribution in [0.3, 0.4) is 0 Å². The van der Waals surface area contributed by atoms with Crippen molar-refractivity contribution in [3.05, 3.63) is 66.2 Å². The molecular weight excluding hydrogens is 502 g/mol. The first-order valence-corrected chi connectivity index (χ1v) is 14.1. The molecule has 0 spiro atoms. The Morgan fingerprint density at radius 3 is 2.23 bits per heavy atom. The van der Waals surface area contributed by atoms with Gasteiger partial charge in [-0.25, -0.2) is 0 Å². The SMILES string of the molecule is CN(C)C(=O)C1CCC(CC(=O)Nc2cc(-c3ccccc3)c(-c3ccc(C4(N)CC(C)(O)C4)cc3)nn2)CC1. The Balaban J connectivity index is 1.30. The molecule has 2 saturated carbocycles. The maximum atomic E-state index is 12.9. The van der Waals surface area contributed by atoms with Crippen LogP contribution in [0, 0.1) is 11.8 Å². The van der Waals surface area contributed by atoms with Gasteiger partial charge in [-0.3, -0.25) is 9.59 Å². The molecule has 3 aromatic rings. The number of hydrogen-bond donors (Lipinski definition) is 3. The molecule has 0 aliphatic heterocycles. The van der Waals surface area contributed by atoms with Crippen LogP contribution in [0.1, 0.15) is 57.4 Å². The number of nitrogens with two attached hydrogens (primary N) is 1. The van der Waals surface area contributed by atoms with E-state index < -0.39 is 11.1 Å². The second-order valence-electron chi connectivity index (χ2n) is 12.1. The molecule has 2 aliphatic carbocycles. The van der Waals surface area contributed by atoms with E-state index >= 15 is 0 Å². The van der Waals surface area contributed by atoms with E-state index in [1.165, 1.54) is 0 Å². The lowest BCUT2D eigenvalue weighted by Gasteiger charge is -2.49. The van der Waals surface area contributed by atoms with Gasteiger partial charge in [0.1, 0.15) is 5.69 Å². The largest absolute Gasteiger partial charge is 0.390 e. The first-order valence-electron chi connectivity index (χ1n) is 14.1. The molecule has 0 bridgehead atoms. The first-order chi connectivity index (χ1) is 19.0. The second kappa shape index (κ2) is 11.1. The minimum absolute atomic E-state index is 0.0641. The molecule has 2 amide bonds. The summed E-state index contributed by atoms with van der Waals surface area (Å²) >= 11 is 0. The fraction of sp³-hybridized carbons (Fsp3) is 0.438. The minimum atomic E-state index is -0.718. The third kappa shape index (κ3) is 6.08. The van der Waals surface area contributed by atoms with Crippen molar-refractivity contribution >= 4 is 17.6 Å². The summed E-state index contributed by atoms with van der Waals surface area (Å²) in [6.07, 6.45) is 4.85. The highest BCUT2D eigenvalue weighted by molar-refractivity contribution is 5.91. The van der Waals surface area contributed by atoms with Crippen LogP contribution >= 0.6 is 0 Å². The number of carbonyl (C=O) groups is 2. The first kappa shape index (κ1) is 27.9. The fourth-order valence-corrected chi connectivity index (χ4v) is 6.41. The number of amides is 2. The molecular formula is C32H39N5O3. The smallest absolute Gasteiger partial charge is 0.225 e. The zero-order valence-corrected chi connectivity index (χ0v) is 23.6. The molecule has 5 rings (SSSR count). The Labute approximate surface area is 236 Å². The molecule has 210 valence electrons. The summed E-state index contributed by atoms with van der Waals surface area (Å²) in [5, 5.41) is 22.0. The summed E-state index contributed by atoms with van der Waals surface area (Å²) in [6, 6.07) is 19.8. The van der Waals surface area contributed by atoms with Crippen LogP contribution in [0.5, 0.6) is 0 Å². The van der Waals surface area contributed by atoms with Crippen molar-refractivity contribution in [2.24, 2.45) is 17.6 Å². The normalized spacial score (nSPS) is 26.0. The van der Waals surface area contributed by atoms with Crippen LogP contribution in [-0.4, -0.2) is 51.7 Å². The van der Waals surface area contributed by atoms with Gasteiger partial charge in [-0.2, -0.15) is 0 Å². The van der Waals surface area contributed by atoms with Gasteiger partial charge in [0.05, 0.1) is 5.60 Å². The molecule has 0 unspecified atom stereocenters. The standard InChI is InChI=1S/C32H39N5O3/c1-31(40)19-32(33,20-31)25-15-13-23(14-16-25)29-26(22-7-5-4-6-8-22)18-27(35-36-29)34-28(38)17-21-9-11-24(12-10-21)30(39)37(2)3/h4-8,13-16,18,21,24,40H,9-12,17,19-20,33H2,1-3H3,(H,34,35,38). The van der Waals surface area contributed by atoms with Crippen LogP contribution in [0.2, 0.25) is 0 Å². The predicted molar refractivity (Wildman–Crippen MR) is 156 cm³/mol. The second-order valence-corrected chi connectivity index (χ2v) is 12.1. The fourth-order valence-electron chi connectivity index (χ4n) is 6.41. The van der Waals surface area contributed by atoms with Crippen molar-refractivity contribution in [2.75, 3.05) is 19.4 Å². The maximum Gasteiger partial charge on any atom is 0.225 e. The van der Waals surface area contributed by atoms with Crippen LogP contribution < -0.4 is 11.1 Å². The molecule has 1 aromatic heterocycles. The van der Waals surface area contributed by atoms with E-state index in [1.807, 2.05) is 67.6 Å². The summed E-state index contributed by atoms with van der Waals surface area (Å²) in [5.41, 5.74) is 9.73. The van der Waals surface area contributed by atoms with Crippen LogP contribution in [0.4, 0.5) is 5.82 Å². The number of carbonyl (C=O) groups excluding carboxylic acids is 2. The Kier molecular flexibility index (Phi) is 7.75. The molecule has 40 heavy (non-hydrogen) atoms. The van der Waals surface area contributed by atoms with Gasteiger partial charge in [0.25, 0.3) is 0 Å². The molecule has 2 fully saturated rings. The van der Waals surface area contributed by atoms with E-state index in [9.17, 15) is 14.7 Å². The maximum absolute atomic E-state index is 12.9. The van der Waals surface area contributed by atoms with Crippen LogP contribution in [0.25, 0.3) is 22.4 Å². The van der Waals surface area contributed by atoms with Gasteiger partial charge in [0.15, 0.2) is 5.82 Å². The number of nitrogens with zero attached hydrogens (tertiary/aromatic N) is 3. The van der Waals surface area contributed by atoms with Gasteiger partial charge in [0, 0.05) is 43.1 Å². The molecule has 2 aromatic carbocycles. The van der Waals surface area contributed by atoms with Crippen molar-refractivity contribution < 1.29 is 14.7 Å². The number of rotatable bonds is 7. The van der Waals surface area contributed by atoms with E-state index in [-0.39, 0.29) is 23.7 Å². The minimum Gasteiger partial charge on any atom is -0.390 e. The van der Waals surface area contributed by atoms with Crippen molar-refractivity contribution in [3.63, 3.8) is 0 Å². The van der Waals surface area contributed by atoms with Crippen LogP contribution in [0.15, 0.2) is 60.7 Å². The molecule has 1 heterocycles. The average molecular weight is 542 g/mol. The van der Waals surface area contributed by atoms with Gasteiger partial charge in [-0.15, -0.1) is 10.2 Å². The molecule has 0 radical (unpaired) electrons. The quantitative estimate of drug-likeness (QED) is 0.398. The summed E-state index contributed by atoms with van der Waals surface area (Å²) < 4.78 is 0. The Morgan fingerprint density at radius 2 is 1.62 bits per heavy atom. The summed E-state index contributed by atoms with van der Waals surface area (Å²) in [6.45, 7) is 1.81. The third-order valence-corrected chi connectivity index (χ3v) is 8.38. The van der Waals surface area contributed by atoms with Crippen molar-refractivity contribution in [3.8, 4) is 22.4 Å². The predicted octanol–water partition coefficient (Wildman–Crippen LogP) is 4.73. The number of aliphatic hydroxyl groups is 1. The number of benzene rings is 2. The van der Waals surface area contributed by atoms with Crippen LogP contribution in [-0.2, 0) is 15.1 Å².